The van der Waals surface area contributed by atoms with Crippen molar-refractivity contribution >= 4 is 48.9 Å². The number of nitrogens with zero attached hydrogens (tertiary/aromatic N) is 3. The monoisotopic (exact) mass is 327 g/mol. The first-order valence-corrected chi connectivity index (χ1v) is 7.08. The summed E-state index contributed by atoms with van der Waals surface area (Å²) in [6.45, 7) is 0. The second-order valence-electron chi connectivity index (χ2n) is 3.75. The van der Waals surface area contributed by atoms with E-state index in [9.17, 15) is 15.0 Å². The number of carbonyl (C=O) groups is 1. The molecule has 0 saturated carbocycles. The number of thiazole rings is 1. The number of carboxylic acid groups (broad SMARTS) is 1. The molecule has 0 amide bonds. The number of carboxylic acids is 1. The van der Waals surface area contributed by atoms with Crippen LogP contribution in [0.15, 0.2) is 40.7 Å². The zero-order valence-corrected chi connectivity index (χ0v) is 14.4. The number of hydrogen-bond donors (Lipinski definition) is 1. The first-order chi connectivity index (χ1) is 9.65. The van der Waals surface area contributed by atoms with Crippen LogP contribution in [0.2, 0.25) is 0 Å². The van der Waals surface area contributed by atoms with Gasteiger partial charge in [0.15, 0.2) is 10.8 Å². The molecule has 0 saturated heterocycles. The molecule has 3 rings (SSSR count). The van der Waals surface area contributed by atoms with E-state index < -0.39 is 5.97 Å². The molecule has 100 valence electrons. The van der Waals surface area contributed by atoms with Gasteiger partial charge in [-0.15, -0.1) is 21.6 Å². The van der Waals surface area contributed by atoms with E-state index in [0.29, 0.717) is 10.4 Å². The Morgan fingerprint density at radius 2 is 2.00 bits per heavy atom. The molecule has 0 aliphatic heterocycles. The number of rotatable bonds is 3. The van der Waals surface area contributed by atoms with Gasteiger partial charge < -0.3 is 15.0 Å². The van der Waals surface area contributed by atoms with Gasteiger partial charge >= 0.3 is 29.6 Å². The van der Waals surface area contributed by atoms with E-state index in [1.54, 1.807) is 6.07 Å². The van der Waals surface area contributed by atoms with Crippen molar-refractivity contribution in [1.29, 1.82) is 0 Å². The predicted molar refractivity (Wildman–Crippen MR) is 74.1 cm³/mol. The summed E-state index contributed by atoms with van der Waals surface area (Å²) in [5.41, 5.74) is 0. The van der Waals surface area contributed by atoms with Crippen LogP contribution in [0.25, 0.3) is 10.1 Å². The molecule has 6 nitrogen and oxygen atoms in total. The van der Waals surface area contributed by atoms with Crippen LogP contribution < -0.4 is 34.7 Å². The van der Waals surface area contributed by atoms with Gasteiger partial charge in [-0.2, -0.15) is 0 Å². The molecule has 1 aromatic carbocycles. The van der Waals surface area contributed by atoms with Crippen LogP contribution in [0, 0.1) is 0 Å². The van der Waals surface area contributed by atoms with E-state index in [4.69, 9.17) is 0 Å². The molecule has 0 aliphatic rings. The van der Waals surface area contributed by atoms with Gasteiger partial charge in [-0.25, -0.2) is 4.98 Å². The van der Waals surface area contributed by atoms with Crippen molar-refractivity contribution in [1.82, 2.24) is 4.98 Å². The standard InChI is InChI=1S/C12H7N3O3S2.Na/c16-9-6-3-1-2-4-7(6)19-10(9)14-15-12-13-5-8(20-12)11(17)18;/h1-5,16H,(H,17,18);/q;+1/p-1. The smallest absolute Gasteiger partial charge is 0.544 e. The zero-order chi connectivity index (χ0) is 14.1. The first kappa shape index (κ1) is 16.1. The quantitative estimate of drug-likeness (QED) is 0.534. The van der Waals surface area contributed by atoms with Crippen LogP contribution in [0.1, 0.15) is 9.67 Å². The summed E-state index contributed by atoms with van der Waals surface area (Å²) in [5, 5.41) is 29.6. The normalized spacial score (nSPS) is 10.9. The molecule has 9 heteroatoms. The first-order valence-electron chi connectivity index (χ1n) is 5.44. The van der Waals surface area contributed by atoms with E-state index in [1.807, 2.05) is 18.2 Å². The van der Waals surface area contributed by atoms with Gasteiger partial charge in [0, 0.05) is 16.3 Å². The fourth-order valence-electron chi connectivity index (χ4n) is 1.58. The molecule has 0 fully saturated rings. The Bertz CT molecular complexity index is 828. The molecule has 2 aromatic heterocycles. The summed E-state index contributed by atoms with van der Waals surface area (Å²) < 4.78 is 0.897. The van der Waals surface area contributed by atoms with Crippen molar-refractivity contribution in [3.63, 3.8) is 0 Å². The van der Waals surface area contributed by atoms with Gasteiger partial charge in [-0.3, -0.25) is 0 Å². The molecule has 21 heavy (non-hydrogen) atoms. The van der Waals surface area contributed by atoms with E-state index in [1.165, 1.54) is 17.5 Å². The van der Waals surface area contributed by atoms with Crippen molar-refractivity contribution in [2.24, 2.45) is 10.2 Å². The van der Waals surface area contributed by atoms with Crippen LogP contribution in [0.4, 0.5) is 10.1 Å². The number of hydrogen-bond acceptors (Lipinski definition) is 8. The van der Waals surface area contributed by atoms with Crippen LogP contribution in [0.3, 0.4) is 0 Å². The fourth-order valence-corrected chi connectivity index (χ4v) is 3.07. The van der Waals surface area contributed by atoms with Gasteiger partial charge in [0.1, 0.15) is 0 Å². The van der Waals surface area contributed by atoms with Crippen LogP contribution >= 0.6 is 22.7 Å². The van der Waals surface area contributed by atoms with Gasteiger partial charge in [-0.05, 0) is 12.1 Å². The average Bonchev–Trinajstić information content (AvgIpc) is 3.03. The largest absolute Gasteiger partial charge is 1.00 e. The maximum absolute atomic E-state index is 10.6. The molecular formula is C12H6N3NaO3S2. The minimum Gasteiger partial charge on any atom is -0.544 e. The molecular weight excluding hydrogens is 321 g/mol. The Balaban J connectivity index is 0.00000161. The Morgan fingerprint density at radius 3 is 2.67 bits per heavy atom. The van der Waals surface area contributed by atoms with Gasteiger partial charge in [0.05, 0.1) is 10.8 Å². The van der Waals surface area contributed by atoms with Gasteiger partial charge in [-0.1, -0.05) is 23.5 Å². The molecule has 3 aromatic rings. The van der Waals surface area contributed by atoms with Gasteiger partial charge in [0.2, 0.25) is 5.13 Å². The Kier molecular flexibility index (Phi) is 5.07. The van der Waals surface area contributed by atoms with Crippen molar-refractivity contribution in [3.05, 3.63) is 35.3 Å². The summed E-state index contributed by atoms with van der Waals surface area (Å²) >= 11 is 2.16. The van der Waals surface area contributed by atoms with Crippen LogP contribution in [0.5, 0.6) is 5.75 Å². The molecule has 0 unspecified atom stereocenters. The molecule has 2 heterocycles. The number of azo groups is 1. The SMILES string of the molecule is O=C([O-])c1cnc(N=Nc2sc3ccccc3c2O)s1.[Na+]. The third-order valence-corrected chi connectivity index (χ3v) is 4.38. The number of benzene rings is 1. The second-order valence-corrected chi connectivity index (χ2v) is 5.79. The minimum absolute atomic E-state index is 0. The van der Waals surface area contributed by atoms with Crippen molar-refractivity contribution in [3.8, 4) is 5.75 Å². The number of carbonyl (C=O) groups excluding carboxylic acids is 1. The Labute approximate surface area is 149 Å². The number of aromatic carboxylic acids is 1. The third kappa shape index (κ3) is 3.30. The molecule has 0 aliphatic carbocycles. The molecule has 0 spiro atoms. The Morgan fingerprint density at radius 1 is 1.24 bits per heavy atom. The summed E-state index contributed by atoms with van der Waals surface area (Å²) in [4.78, 5) is 14.4. The van der Waals surface area contributed by atoms with Crippen molar-refractivity contribution < 1.29 is 44.6 Å². The van der Waals surface area contributed by atoms with Crippen LogP contribution in [-0.2, 0) is 0 Å². The summed E-state index contributed by atoms with van der Waals surface area (Å²) in [7, 11) is 0. The van der Waals surface area contributed by atoms with Gasteiger partial charge in [0.25, 0.3) is 0 Å². The number of thiophene rings is 1. The van der Waals surface area contributed by atoms with E-state index in [2.05, 4.69) is 15.2 Å². The third-order valence-electron chi connectivity index (χ3n) is 2.47. The van der Waals surface area contributed by atoms with E-state index >= 15 is 0 Å². The molecule has 1 N–H and O–H groups in total. The maximum atomic E-state index is 10.6. The number of aromatic nitrogens is 1. The predicted octanol–water partition coefficient (Wildman–Crippen LogP) is -0.154. The molecule has 0 atom stereocenters. The minimum atomic E-state index is -1.30. The van der Waals surface area contributed by atoms with Crippen molar-refractivity contribution in [2.75, 3.05) is 0 Å². The summed E-state index contributed by atoms with van der Waals surface area (Å²) in [6, 6.07) is 7.35. The van der Waals surface area contributed by atoms with E-state index in [0.717, 1.165) is 16.0 Å². The second kappa shape index (κ2) is 6.63. The fraction of sp³-hybridized carbons (Fsp3) is 0. The summed E-state index contributed by atoms with van der Waals surface area (Å²) in [5.74, 6) is -1.24. The van der Waals surface area contributed by atoms with Crippen LogP contribution in [-0.4, -0.2) is 16.1 Å². The summed E-state index contributed by atoms with van der Waals surface area (Å²) in [6.07, 6.45) is 1.17. The maximum Gasteiger partial charge on any atom is 1.00 e. The zero-order valence-electron chi connectivity index (χ0n) is 10.8. The topological polar surface area (TPSA) is 98.0 Å². The molecule has 0 bridgehead atoms. The molecule has 0 radical (unpaired) electrons. The number of fused-ring (bicyclic) bond motifs is 1. The Hall–Kier alpha value is -1.32. The van der Waals surface area contributed by atoms with E-state index in [-0.39, 0.29) is 45.3 Å². The van der Waals surface area contributed by atoms with Crippen molar-refractivity contribution in [2.45, 2.75) is 0 Å². The average molecular weight is 327 g/mol. The number of aromatic hydroxyl groups is 1.